The zero-order valence-electron chi connectivity index (χ0n) is 18.8. The fraction of sp³-hybridized carbons (Fsp3) is 0.368. The second kappa shape index (κ2) is 10.2. The quantitative estimate of drug-likeness (QED) is 0.424. The summed E-state index contributed by atoms with van der Waals surface area (Å²) in [5.41, 5.74) is -1.84. The summed E-state index contributed by atoms with van der Waals surface area (Å²) in [6.45, 7) is 1.45. The number of aliphatic hydroxyl groups is 1. The van der Waals surface area contributed by atoms with Crippen molar-refractivity contribution in [3.8, 4) is 17.7 Å². The molecule has 0 aliphatic carbocycles. The lowest BCUT2D eigenvalue weighted by Crippen LogP contribution is -2.33. The van der Waals surface area contributed by atoms with Crippen LogP contribution >= 0.6 is 0 Å². The number of halogens is 5. The number of pyridine rings is 1. The summed E-state index contributed by atoms with van der Waals surface area (Å²) >= 11 is 0. The van der Waals surface area contributed by atoms with Gasteiger partial charge < -0.3 is 19.9 Å². The van der Waals surface area contributed by atoms with Gasteiger partial charge in [-0.25, -0.2) is 18.6 Å². The molecule has 194 valence electrons. The number of nitrogens with zero attached hydrogens (tertiary/aromatic N) is 6. The van der Waals surface area contributed by atoms with E-state index in [9.17, 15) is 32.3 Å². The zero-order chi connectivity index (χ0) is 26.8. The van der Waals surface area contributed by atoms with Crippen LogP contribution in [0.1, 0.15) is 30.0 Å². The normalized spacial score (nSPS) is 12.4. The summed E-state index contributed by atoms with van der Waals surface area (Å²) in [7, 11) is 1.16. The lowest BCUT2D eigenvalue weighted by atomic mass is 10.2. The topological polar surface area (TPSA) is 146 Å². The first kappa shape index (κ1) is 26.5. The first-order chi connectivity index (χ1) is 16.9. The van der Waals surface area contributed by atoms with E-state index < -0.39 is 65.2 Å². The lowest BCUT2D eigenvalue weighted by molar-refractivity contribution is -0.190. The van der Waals surface area contributed by atoms with Gasteiger partial charge in [0.15, 0.2) is 35.2 Å². The molecule has 1 amide bonds. The van der Waals surface area contributed by atoms with Gasteiger partial charge in [-0.15, -0.1) is 5.10 Å². The molecule has 0 fully saturated rings. The smallest absolute Gasteiger partial charge is 0.425 e. The molecule has 0 spiro atoms. The third kappa shape index (κ3) is 5.24. The predicted molar refractivity (Wildman–Crippen MR) is 110 cm³/mol. The number of ether oxygens (including phenoxy) is 2. The van der Waals surface area contributed by atoms with Gasteiger partial charge in [0, 0.05) is 6.54 Å². The number of carbonyl (C=O) groups excluding carboxylic acids is 1. The van der Waals surface area contributed by atoms with Gasteiger partial charge >= 0.3 is 17.9 Å². The maximum Gasteiger partial charge on any atom is 0.425 e. The zero-order valence-corrected chi connectivity index (χ0v) is 18.8. The lowest BCUT2D eigenvalue weighted by Gasteiger charge is -2.19. The summed E-state index contributed by atoms with van der Waals surface area (Å²) < 4.78 is 79.4. The number of amides is 1. The fourth-order valence-corrected chi connectivity index (χ4v) is 2.82. The Morgan fingerprint density at radius 3 is 2.50 bits per heavy atom. The van der Waals surface area contributed by atoms with E-state index in [1.807, 2.05) is 5.32 Å². The molecule has 0 radical (unpaired) electrons. The van der Waals surface area contributed by atoms with Crippen LogP contribution in [0, 0.1) is 11.6 Å². The highest BCUT2D eigenvalue weighted by Gasteiger charge is 2.39. The number of rotatable bonds is 8. The van der Waals surface area contributed by atoms with Crippen LogP contribution in [0.15, 0.2) is 17.1 Å². The van der Waals surface area contributed by atoms with Crippen LogP contribution in [0.25, 0.3) is 5.82 Å². The Kier molecular flexibility index (Phi) is 7.51. The van der Waals surface area contributed by atoms with Crippen LogP contribution in [0.4, 0.5) is 27.8 Å². The van der Waals surface area contributed by atoms with Crippen LogP contribution in [-0.2, 0) is 13.2 Å². The Bertz CT molecular complexity index is 1340. The van der Waals surface area contributed by atoms with Crippen LogP contribution in [0.3, 0.4) is 0 Å². The van der Waals surface area contributed by atoms with Crippen LogP contribution in [0.2, 0.25) is 0 Å². The number of carbonyl (C=O) groups is 1. The molecule has 3 aromatic heterocycles. The molecule has 3 heterocycles. The van der Waals surface area contributed by atoms with E-state index in [0.29, 0.717) is 23.9 Å². The third-order valence-corrected chi connectivity index (χ3v) is 4.65. The maximum absolute atomic E-state index is 15.0. The summed E-state index contributed by atoms with van der Waals surface area (Å²) in [6, 6.07) is 0.0849. The molecule has 36 heavy (non-hydrogen) atoms. The number of alkyl halides is 3. The molecule has 3 aromatic rings. The number of hydrogen-bond donors (Lipinski definition) is 2. The van der Waals surface area contributed by atoms with Crippen molar-refractivity contribution in [3.05, 3.63) is 45.8 Å². The molecular weight excluding hydrogens is 501 g/mol. The number of aliphatic hydroxyl groups excluding tert-OH is 1. The monoisotopic (exact) mass is 519 g/mol. The largest absolute Gasteiger partial charge is 0.467 e. The van der Waals surface area contributed by atoms with E-state index in [4.69, 9.17) is 9.47 Å². The van der Waals surface area contributed by atoms with Gasteiger partial charge in [-0.1, -0.05) is 0 Å². The number of hydrogen-bond acceptors (Lipinski definition) is 9. The Morgan fingerprint density at radius 1 is 1.25 bits per heavy atom. The highest BCUT2D eigenvalue weighted by molar-refractivity contribution is 6.05. The van der Waals surface area contributed by atoms with E-state index >= 15 is 4.39 Å². The van der Waals surface area contributed by atoms with E-state index in [1.165, 1.54) is 6.92 Å². The Hall–Kier alpha value is -4.15. The van der Waals surface area contributed by atoms with E-state index in [0.717, 1.165) is 11.7 Å². The van der Waals surface area contributed by atoms with Crippen molar-refractivity contribution in [2.45, 2.75) is 39.3 Å². The number of methoxy groups -OCH3 is 1. The minimum atomic E-state index is -4.92. The first-order valence-corrected chi connectivity index (χ1v) is 10.0. The third-order valence-electron chi connectivity index (χ3n) is 4.65. The number of anilines is 1. The molecule has 1 atom stereocenters. The summed E-state index contributed by atoms with van der Waals surface area (Å²) in [4.78, 5) is 36.0. The molecule has 17 heteroatoms. The molecule has 12 nitrogen and oxygen atoms in total. The fourth-order valence-electron chi connectivity index (χ4n) is 2.82. The standard InChI is InChI=1S/C19H18F5N7O5/c1-4-30-12(7-32)29-31(18(30)34)14-10(20)5-9(16(28-14)36-8(2)19(22,23)24)15(33)26-13-11(21)6-25-17(27-13)35-3/h5-6,8,32H,4,7H2,1-3H3,(H,25,26,27,33). The van der Waals surface area contributed by atoms with Crippen molar-refractivity contribution in [1.29, 1.82) is 0 Å². The number of aromatic nitrogens is 6. The molecule has 0 aliphatic heterocycles. The molecule has 3 rings (SSSR count). The molecule has 1 unspecified atom stereocenters. The minimum absolute atomic E-state index is 0.0270. The number of nitrogens with one attached hydrogen (secondary N) is 1. The van der Waals surface area contributed by atoms with Gasteiger partial charge in [0.25, 0.3) is 5.91 Å². The van der Waals surface area contributed by atoms with Crippen molar-refractivity contribution in [2.24, 2.45) is 0 Å². The molecular formula is C19H18F5N7O5. The van der Waals surface area contributed by atoms with Crippen molar-refractivity contribution in [2.75, 3.05) is 12.4 Å². The SMILES string of the molecule is CCn1c(CO)nn(-c2nc(OC(C)C(F)(F)F)c(C(=O)Nc3nc(OC)ncc3F)cc2F)c1=O. The summed E-state index contributed by atoms with van der Waals surface area (Å²) in [6.07, 6.45) is -6.79. The van der Waals surface area contributed by atoms with Crippen LogP contribution < -0.4 is 20.5 Å². The van der Waals surface area contributed by atoms with Crippen molar-refractivity contribution in [3.63, 3.8) is 0 Å². The van der Waals surface area contributed by atoms with Gasteiger partial charge in [0.2, 0.25) is 5.88 Å². The maximum atomic E-state index is 15.0. The summed E-state index contributed by atoms with van der Waals surface area (Å²) in [5.74, 6) is -6.69. The van der Waals surface area contributed by atoms with Crippen LogP contribution in [0.5, 0.6) is 11.9 Å². The molecule has 0 saturated heterocycles. The average molecular weight is 519 g/mol. The molecule has 0 aromatic carbocycles. The second-order valence-electron chi connectivity index (χ2n) is 6.97. The van der Waals surface area contributed by atoms with Gasteiger partial charge in [-0.2, -0.15) is 27.8 Å². The Balaban J connectivity index is 2.14. The first-order valence-electron chi connectivity index (χ1n) is 10.0. The van der Waals surface area contributed by atoms with E-state index in [-0.39, 0.29) is 18.4 Å². The van der Waals surface area contributed by atoms with Crippen molar-refractivity contribution >= 4 is 11.7 Å². The minimum Gasteiger partial charge on any atom is -0.467 e. The average Bonchev–Trinajstić information content (AvgIpc) is 3.15. The molecule has 0 bridgehead atoms. The molecule has 2 N–H and O–H groups in total. The predicted octanol–water partition coefficient (Wildman–Crippen LogP) is 1.60. The second-order valence-corrected chi connectivity index (χ2v) is 6.97. The Morgan fingerprint density at radius 2 is 1.94 bits per heavy atom. The van der Waals surface area contributed by atoms with Gasteiger partial charge in [-0.05, 0) is 19.9 Å². The highest BCUT2D eigenvalue weighted by Crippen LogP contribution is 2.28. The van der Waals surface area contributed by atoms with Gasteiger partial charge in [0.1, 0.15) is 12.2 Å². The van der Waals surface area contributed by atoms with Gasteiger partial charge in [-0.3, -0.25) is 9.36 Å². The Labute approximate surface area is 198 Å². The van der Waals surface area contributed by atoms with E-state index in [2.05, 4.69) is 20.1 Å². The summed E-state index contributed by atoms with van der Waals surface area (Å²) in [5, 5.41) is 15.1. The molecule has 0 saturated carbocycles. The molecule has 0 aliphatic rings. The van der Waals surface area contributed by atoms with E-state index in [1.54, 1.807) is 0 Å². The van der Waals surface area contributed by atoms with Crippen molar-refractivity contribution < 1.29 is 41.3 Å². The van der Waals surface area contributed by atoms with Gasteiger partial charge in [0.05, 0.1) is 13.3 Å². The highest BCUT2D eigenvalue weighted by atomic mass is 19.4. The van der Waals surface area contributed by atoms with Crippen LogP contribution in [-0.4, -0.2) is 59.7 Å². The van der Waals surface area contributed by atoms with Crippen molar-refractivity contribution in [1.82, 2.24) is 29.3 Å².